The van der Waals surface area contributed by atoms with Crippen molar-refractivity contribution < 1.29 is 9.15 Å². The second-order valence-electron chi connectivity index (χ2n) is 4.18. The van der Waals surface area contributed by atoms with Gasteiger partial charge in [-0.2, -0.15) is 4.98 Å². The fraction of sp³-hybridized carbons (Fsp3) is 0.0714. The molecule has 1 heterocycles. The fourth-order valence-electron chi connectivity index (χ4n) is 1.87. The molecule has 0 atom stereocenters. The summed E-state index contributed by atoms with van der Waals surface area (Å²) in [5, 5.41) is 3.10. The van der Waals surface area contributed by atoms with Crippen molar-refractivity contribution in [1.82, 2.24) is 4.98 Å². The van der Waals surface area contributed by atoms with Crippen molar-refractivity contribution in [2.75, 3.05) is 18.2 Å². The summed E-state index contributed by atoms with van der Waals surface area (Å²) in [6, 6.07) is 11.4. The molecule has 0 unspecified atom stereocenters. The second-order valence-corrected chi connectivity index (χ2v) is 5.04. The number of fused-ring (bicyclic) bond motifs is 1. The molecular formula is C14H12BrN3O2. The zero-order valence-corrected chi connectivity index (χ0v) is 12.3. The first-order chi connectivity index (χ1) is 9.67. The van der Waals surface area contributed by atoms with Crippen LogP contribution in [0.5, 0.6) is 5.75 Å². The lowest BCUT2D eigenvalue weighted by Gasteiger charge is -2.06. The Labute approximate surface area is 123 Å². The lowest BCUT2D eigenvalue weighted by atomic mass is 10.3. The van der Waals surface area contributed by atoms with E-state index in [2.05, 4.69) is 26.2 Å². The average Bonchev–Trinajstić information content (AvgIpc) is 2.85. The number of nitrogens with one attached hydrogen (secondary N) is 1. The van der Waals surface area contributed by atoms with E-state index in [0.717, 1.165) is 15.9 Å². The Balaban J connectivity index is 1.99. The van der Waals surface area contributed by atoms with E-state index in [1.807, 2.05) is 30.3 Å². The number of aromatic nitrogens is 1. The van der Waals surface area contributed by atoms with E-state index in [-0.39, 0.29) is 0 Å². The molecule has 0 radical (unpaired) electrons. The van der Waals surface area contributed by atoms with Crippen molar-refractivity contribution in [1.29, 1.82) is 0 Å². The van der Waals surface area contributed by atoms with Crippen LogP contribution in [0.4, 0.5) is 17.4 Å². The van der Waals surface area contributed by atoms with Crippen LogP contribution in [0.2, 0.25) is 0 Å². The quantitative estimate of drug-likeness (QED) is 0.710. The first-order valence-electron chi connectivity index (χ1n) is 5.93. The second kappa shape index (κ2) is 5.05. The molecule has 0 bridgehead atoms. The molecule has 102 valence electrons. The maximum absolute atomic E-state index is 5.86. The Bertz CT molecular complexity index is 770. The van der Waals surface area contributed by atoms with E-state index in [1.165, 1.54) is 0 Å². The van der Waals surface area contributed by atoms with Gasteiger partial charge in [-0.1, -0.05) is 6.07 Å². The van der Waals surface area contributed by atoms with Gasteiger partial charge in [-0.05, 0) is 40.2 Å². The number of nitrogens with zero attached hydrogens (tertiary/aromatic N) is 1. The first-order valence-corrected chi connectivity index (χ1v) is 6.72. The molecule has 3 N–H and O–H groups in total. The van der Waals surface area contributed by atoms with Gasteiger partial charge in [-0.25, -0.2) is 0 Å². The maximum atomic E-state index is 5.86. The largest absolute Gasteiger partial charge is 0.497 e. The van der Waals surface area contributed by atoms with Crippen molar-refractivity contribution in [3.05, 3.63) is 40.9 Å². The number of methoxy groups -OCH3 is 1. The molecule has 0 aliphatic heterocycles. The van der Waals surface area contributed by atoms with Crippen LogP contribution in [-0.4, -0.2) is 12.1 Å². The molecule has 0 spiro atoms. The summed E-state index contributed by atoms with van der Waals surface area (Å²) < 4.78 is 11.7. The number of ether oxygens (including phenoxy) is 1. The molecule has 5 nitrogen and oxygen atoms in total. The number of anilines is 3. The number of nitrogen functional groups attached to an aromatic ring is 1. The highest BCUT2D eigenvalue weighted by atomic mass is 79.9. The number of oxazole rings is 1. The minimum atomic E-state index is 0.381. The minimum absolute atomic E-state index is 0.381. The predicted molar refractivity (Wildman–Crippen MR) is 82.4 cm³/mol. The fourth-order valence-corrected chi connectivity index (χ4v) is 2.21. The van der Waals surface area contributed by atoms with Crippen LogP contribution in [0, 0.1) is 0 Å². The highest BCUT2D eigenvalue weighted by Crippen LogP contribution is 2.31. The van der Waals surface area contributed by atoms with Gasteiger partial charge in [-0.3, -0.25) is 0 Å². The van der Waals surface area contributed by atoms with Gasteiger partial charge in [0.25, 0.3) is 6.01 Å². The van der Waals surface area contributed by atoms with Gasteiger partial charge in [0, 0.05) is 10.5 Å². The molecule has 0 fully saturated rings. The number of rotatable bonds is 3. The summed E-state index contributed by atoms with van der Waals surface area (Å²) in [6.45, 7) is 0. The molecular weight excluding hydrogens is 322 g/mol. The van der Waals surface area contributed by atoms with E-state index in [1.54, 1.807) is 13.2 Å². The van der Waals surface area contributed by atoms with Crippen LogP contribution in [-0.2, 0) is 0 Å². The highest BCUT2D eigenvalue weighted by molar-refractivity contribution is 9.10. The van der Waals surface area contributed by atoms with Crippen LogP contribution in [0.3, 0.4) is 0 Å². The van der Waals surface area contributed by atoms with Crippen molar-refractivity contribution in [3.8, 4) is 5.75 Å². The van der Waals surface area contributed by atoms with Crippen molar-refractivity contribution in [3.63, 3.8) is 0 Å². The normalized spacial score (nSPS) is 10.7. The molecule has 0 saturated carbocycles. The van der Waals surface area contributed by atoms with E-state index in [0.29, 0.717) is 22.8 Å². The maximum Gasteiger partial charge on any atom is 0.300 e. The van der Waals surface area contributed by atoms with Crippen molar-refractivity contribution in [2.24, 2.45) is 0 Å². The average molecular weight is 334 g/mol. The molecule has 6 heteroatoms. The van der Waals surface area contributed by atoms with E-state index >= 15 is 0 Å². The van der Waals surface area contributed by atoms with Gasteiger partial charge in [-0.15, -0.1) is 0 Å². The zero-order chi connectivity index (χ0) is 14.1. The lowest BCUT2D eigenvalue weighted by molar-refractivity contribution is 0.415. The Morgan fingerprint density at radius 2 is 2.15 bits per heavy atom. The van der Waals surface area contributed by atoms with Crippen molar-refractivity contribution in [2.45, 2.75) is 0 Å². The van der Waals surface area contributed by atoms with Crippen LogP contribution in [0.15, 0.2) is 45.3 Å². The summed E-state index contributed by atoms with van der Waals surface area (Å²) >= 11 is 3.46. The van der Waals surface area contributed by atoms with Crippen LogP contribution < -0.4 is 15.8 Å². The van der Waals surface area contributed by atoms with E-state index in [4.69, 9.17) is 14.9 Å². The molecule has 3 rings (SSSR count). The Morgan fingerprint density at radius 3 is 2.90 bits per heavy atom. The number of benzene rings is 2. The Kier molecular flexibility index (Phi) is 3.23. The third-order valence-corrected chi connectivity index (χ3v) is 3.56. The molecule has 0 saturated heterocycles. The number of para-hydroxylation sites is 1. The monoisotopic (exact) mass is 333 g/mol. The van der Waals surface area contributed by atoms with Gasteiger partial charge in [0.2, 0.25) is 0 Å². The topological polar surface area (TPSA) is 73.3 Å². The van der Waals surface area contributed by atoms with Gasteiger partial charge in [0.1, 0.15) is 11.3 Å². The molecule has 0 aliphatic carbocycles. The zero-order valence-electron chi connectivity index (χ0n) is 10.7. The van der Waals surface area contributed by atoms with Crippen molar-refractivity contribution >= 4 is 44.4 Å². The summed E-state index contributed by atoms with van der Waals surface area (Å²) in [5.41, 5.74) is 8.54. The van der Waals surface area contributed by atoms with Gasteiger partial charge < -0.3 is 20.2 Å². The number of halogens is 1. The van der Waals surface area contributed by atoms with E-state index < -0.39 is 0 Å². The molecule has 0 aliphatic rings. The first kappa shape index (κ1) is 12.8. The summed E-state index contributed by atoms with van der Waals surface area (Å²) in [5.74, 6) is 0.742. The van der Waals surface area contributed by atoms with Crippen LogP contribution in [0.1, 0.15) is 0 Å². The van der Waals surface area contributed by atoms with E-state index in [9.17, 15) is 0 Å². The Morgan fingerprint density at radius 1 is 1.30 bits per heavy atom. The number of nitrogens with two attached hydrogens (primary N) is 1. The van der Waals surface area contributed by atoms with Crippen LogP contribution >= 0.6 is 15.9 Å². The molecule has 1 aromatic heterocycles. The van der Waals surface area contributed by atoms with Gasteiger partial charge >= 0.3 is 0 Å². The third kappa shape index (κ3) is 2.30. The molecule has 20 heavy (non-hydrogen) atoms. The Hall–Kier alpha value is -2.21. The summed E-state index contributed by atoms with van der Waals surface area (Å²) in [6.07, 6.45) is 0. The van der Waals surface area contributed by atoms with Gasteiger partial charge in [0.05, 0.1) is 18.5 Å². The van der Waals surface area contributed by atoms with Gasteiger partial charge in [0.15, 0.2) is 5.58 Å². The SMILES string of the molecule is COc1ccc(Br)c(Nc2nc3c(N)cccc3o2)c1. The molecule has 3 aromatic rings. The lowest BCUT2D eigenvalue weighted by Crippen LogP contribution is -1.93. The minimum Gasteiger partial charge on any atom is -0.497 e. The highest BCUT2D eigenvalue weighted by Gasteiger charge is 2.10. The number of hydrogen-bond donors (Lipinski definition) is 2. The predicted octanol–water partition coefficient (Wildman–Crippen LogP) is 3.92. The third-order valence-electron chi connectivity index (χ3n) is 2.87. The summed E-state index contributed by atoms with van der Waals surface area (Å²) in [7, 11) is 1.62. The summed E-state index contributed by atoms with van der Waals surface area (Å²) in [4.78, 5) is 4.34. The standard InChI is InChI=1S/C14H12BrN3O2/c1-19-8-5-6-9(15)11(7-8)17-14-18-13-10(16)3-2-4-12(13)20-14/h2-7H,16H2,1H3,(H,17,18). The molecule has 2 aromatic carbocycles. The molecule has 0 amide bonds. The number of hydrogen-bond acceptors (Lipinski definition) is 5. The van der Waals surface area contributed by atoms with Crippen LogP contribution in [0.25, 0.3) is 11.1 Å². The smallest absolute Gasteiger partial charge is 0.300 e.